The molecule has 1 spiro atoms. The second kappa shape index (κ2) is 5.73. The van der Waals surface area contributed by atoms with Gasteiger partial charge < -0.3 is 9.47 Å². The van der Waals surface area contributed by atoms with Crippen molar-refractivity contribution in [2.24, 2.45) is 17.3 Å². The van der Waals surface area contributed by atoms with E-state index in [4.69, 9.17) is 9.47 Å². The van der Waals surface area contributed by atoms with Crippen LogP contribution in [0.25, 0.3) is 0 Å². The number of hydrogen-bond acceptors (Lipinski definition) is 2. The lowest BCUT2D eigenvalue weighted by molar-refractivity contribution is -0.144. The molecular formula is C17H30O2. The van der Waals surface area contributed by atoms with Gasteiger partial charge in [0.25, 0.3) is 0 Å². The van der Waals surface area contributed by atoms with E-state index in [0.29, 0.717) is 17.4 Å². The van der Waals surface area contributed by atoms with Crippen LogP contribution in [-0.2, 0) is 9.47 Å². The van der Waals surface area contributed by atoms with E-state index in [9.17, 15) is 0 Å². The average Bonchev–Trinajstić information content (AvgIpc) is 2.74. The van der Waals surface area contributed by atoms with Crippen molar-refractivity contribution < 1.29 is 9.47 Å². The molecule has 3 atom stereocenters. The maximum absolute atomic E-state index is 6.43. The third kappa shape index (κ3) is 2.35. The predicted molar refractivity (Wildman–Crippen MR) is 76.9 cm³/mol. The molecule has 2 saturated carbocycles. The lowest BCUT2D eigenvalue weighted by atomic mass is 9.60. The van der Waals surface area contributed by atoms with E-state index in [1.807, 2.05) is 7.11 Å². The fourth-order valence-corrected chi connectivity index (χ4v) is 5.15. The molecule has 1 aliphatic heterocycles. The fourth-order valence-electron chi connectivity index (χ4n) is 5.15. The molecule has 2 aliphatic carbocycles. The van der Waals surface area contributed by atoms with E-state index in [-0.39, 0.29) is 6.29 Å². The van der Waals surface area contributed by atoms with Gasteiger partial charge in [0.2, 0.25) is 0 Å². The number of rotatable bonds is 2. The number of hydrogen-bond donors (Lipinski definition) is 0. The summed E-state index contributed by atoms with van der Waals surface area (Å²) in [5, 5.41) is 0. The minimum absolute atomic E-state index is 0.0463. The van der Waals surface area contributed by atoms with Crippen LogP contribution in [0.4, 0.5) is 0 Å². The van der Waals surface area contributed by atoms with Gasteiger partial charge in [-0.15, -0.1) is 0 Å². The molecule has 3 rings (SSSR count). The lowest BCUT2D eigenvalue weighted by Crippen LogP contribution is -2.42. The van der Waals surface area contributed by atoms with Crippen molar-refractivity contribution in [3.05, 3.63) is 0 Å². The van der Waals surface area contributed by atoms with Crippen molar-refractivity contribution in [2.45, 2.75) is 83.5 Å². The van der Waals surface area contributed by atoms with Crippen molar-refractivity contribution in [2.75, 3.05) is 7.11 Å². The average molecular weight is 266 g/mol. The van der Waals surface area contributed by atoms with Crippen LogP contribution in [0, 0.1) is 17.3 Å². The van der Waals surface area contributed by atoms with Crippen molar-refractivity contribution >= 4 is 0 Å². The summed E-state index contributed by atoms with van der Waals surface area (Å²) in [7, 11) is 1.82. The summed E-state index contributed by atoms with van der Waals surface area (Å²) in [5.41, 5.74) is 0.431. The molecule has 1 saturated heterocycles. The topological polar surface area (TPSA) is 18.5 Å². The Bertz CT molecular complexity index is 290. The van der Waals surface area contributed by atoms with Gasteiger partial charge in [-0.3, -0.25) is 0 Å². The monoisotopic (exact) mass is 266 g/mol. The second-order valence-corrected chi connectivity index (χ2v) is 7.14. The molecule has 0 N–H and O–H groups in total. The van der Waals surface area contributed by atoms with Gasteiger partial charge in [-0.05, 0) is 31.6 Å². The summed E-state index contributed by atoms with van der Waals surface area (Å²) in [6.07, 6.45) is 14.5. The summed E-state index contributed by atoms with van der Waals surface area (Å²) >= 11 is 0. The molecule has 3 fully saturated rings. The summed E-state index contributed by atoms with van der Waals surface area (Å²) < 4.78 is 12.1. The van der Waals surface area contributed by atoms with Crippen LogP contribution in [0.2, 0.25) is 0 Å². The maximum atomic E-state index is 6.43. The second-order valence-electron chi connectivity index (χ2n) is 7.14. The van der Waals surface area contributed by atoms with Gasteiger partial charge in [-0.25, -0.2) is 0 Å². The summed E-state index contributed by atoms with van der Waals surface area (Å²) in [6, 6.07) is 0. The first-order valence-electron chi connectivity index (χ1n) is 8.46. The molecule has 0 radical (unpaired) electrons. The van der Waals surface area contributed by atoms with Crippen LogP contribution in [0.3, 0.4) is 0 Å². The van der Waals surface area contributed by atoms with Gasteiger partial charge in [-0.1, -0.05) is 45.4 Å². The molecule has 0 bridgehead atoms. The molecule has 0 aromatic carbocycles. The Hall–Kier alpha value is -0.0800. The van der Waals surface area contributed by atoms with Gasteiger partial charge in [0.05, 0.1) is 6.10 Å². The van der Waals surface area contributed by atoms with Crippen LogP contribution in [0.5, 0.6) is 0 Å². The minimum Gasteiger partial charge on any atom is -0.356 e. The minimum atomic E-state index is 0.0463. The largest absolute Gasteiger partial charge is 0.356 e. The highest BCUT2D eigenvalue weighted by atomic mass is 16.7. The molecule has 0 aromatic rings. The highest BCUT2D eigenvalue weighted by molar-refractivity contribution is 5.02. The van der Waals surface area contributed by atoms with Gasteiger partial charge in [0, 0.05) is 18.4 Å². The number of methoxy groups -OCH3 is 1. The van der Waals surface area contributed by atoms with E-state index < -0.39 is 0 Å². The highest BCUT2D eigenvalue weighted by Gasteiger charge is 2.56. The number of ether oxygens (including phenoxy) is 2. The first kappa shape index (κ1) is 13.9. The Balaban J connectivity index is 1.82. The van der Waals surface area contributed by atoms with E-state index in [1.165, 1.54) is 64.2 Å². The molecule has 110 valence electrons. The van der Waals surface area contributed by atoms with Crippen LogP contribution < -0.4 is 0 Å². The third-order valence-corrected chi connectivity index (χ3v) is 6.26. The van der Waals surface area contributed by atoms with Gasteiger partial charge in [-0.2, -0.15) is 0 Å². The first-order valence-corrected chi connectivity index (χ1v) is 8.46. The van der Waals surface area contributed by atoms with Crippen LogP contribution in [0.1, 0.15) is 71.1 Å². The summed E-state index contributed by atoms with van der Waals surface area (Å²) in [4.78, 5) is 0. The van der Waals surface area contributed by atoms with E-state index in [0.717, 1.165) is 5.92 Å². The SMILES string of the molecule is CO[C@@H]1O[C@@H](C2CCCCC2)C2(CCCCC2)[C@@H]1C. The zero-order valence-corrected chi connectivity index (χ0v) is 12.7. The van der Waals surface area contributed by atoms with Crippen LogP contribution in [0.15, 0.2) is 0 Å². The van der Waals surface area contributed by atoms with Gasteiger partial charge in [0.1, 0.15) is 0 Å². The van der Waals surface area contributed by atoms with Crippen LogP contribution >= 0.6 is 0 Å². The Morgan fingerprint density at radius 2 is 1.58 bits per heavy atom. The Kier molecular flexibility index (Phi) is 4.19. The smallest absolute Gasteiger partial charge is 0.160 e. The Labute approximate surface area is 118 Å². The van der Waals surface area contributed by atoms with E-state index in [2.05, 4.69) is 6.92 Å². The van der Waals surface area contributed by atoms with Crippen molar-refractivity contribution in [1.29, 1.82) is 0 Å². The van der Waals surface area contributed by atoms with E-state index in [1.54, 1.807) is 0 Å². The summed E-state index contributed by atoms with van der Waals surface area (Å²) in [6.45, 7) is 2.38. The molecule has 0 aromatic heterocycles. The van der Waals surface area contributed by atoms with Crippen LogP contribution in [-0.4, -0.2) is 19.5 Å². The molecule has 1 heterocycles. The highest BCUT2D eigenvalue weighted by Crippen LogP contribution is 2.56. The molecule has 0 amide bonds. The molecule has 2 heteroatoms. The third-order valence-electron chi connectivity index (χ3n) is 6.26. The lowest BCUT2D eigenvalue weighted by Gasteiger charge is -2.44. The summed E-state index contributed by atoms with van der Waals surface area (Å²) in [5.74, 6) is 1.37. The Morgan fingerprint density at radius 1 is 0.947 bits per heavy atom. The Morgan fingerprint density at radius 3 is 2.21 bits per heavy atom. The van der Waals surface area contributed by atoms with Gasteiger partial charge in [0.15, 0.2) is 6.29 Å². The zero-order valence-electron chi connectivity index (χ0n) is 12.7. The van der Waals surface area contributed by atoms with Crippen molar-refractivity contribution in [3.8, 4) is 0 Å². The molecule has 19 heavy (non-hydrogen) atoms. The zero-order chi connectivity index (χ0) is 13.3. The van der Waals surface area contributed by atoms with Crippen molar-refractivity contribution in [3.63, 3.8) is 0 Å². The molecule has 0 unspecified atom stereocenters. The molecular weight excluding hydrogens is 236 g/mol. The standard InChI is InChI=1S/C17H30O2/c1-13-16(18-2)19-15(14-9-5-3-6-10-14)17(13)11-7-4-8-12-17/h13-16H,3-12H2,1-2H3/t13-,15+,16-/m1/s1. The maximum Gasteiger partial charge on any atom is 0.160 e. The van der Waals surface area contributed by atoms with E-state index >= 15 is 0 Å². The molecule has 2 nitrogen and oxygen atoms in total. The quantitative estimate of drug-likeness (QED) is 0.731. The first-order chi connectivity index (χ1) is 9.28. The predicted octanol–water partition coefficient (Wildman–Crippen LogP) is 4.52. The van der Waals surface area contributed by atoms with Crippen molar-refractivity contribution in [1.82, 2.24) is 0 Å². The fraction of sp³-hybridized carbons (Fsp3) is 1.00. The normalized spacial score (nSPS) is 39.8. The molecule has 3 aliphatic rings. The van der Waals surface area contributed by atoms with Gasteiger partial charge >= 0.3 is 0 Å².